The lowest BCUT2D eigenvalue weighted by Gasteiger charge is -2.32. The molecule has 0 unspecified atom stereocenters. The molecule has 0 amide bonds. The van der Waals surface area contributed by atoms with Gasteiger partial charge in [-0.15, -0.1) is 0 Å². The zero-order valence-corrected chi connectivity index (χ0v) is 7.04. The van der Waals surface area contributed by atoms with Gasteiger partial charge >= 0.3 is 0 Å². The Bertz CT molecular complexity index is 129. The van der Waals surface area contributed by atoms with Crippen LogP contribution in [0.4, 0.5) is 0 Å². The Morgan fingerprint density at radius 2 is 2.10 bits per heavy atom. The minimum atomic E-state index is 0.624. The molecule has 1 heterocycles. The predicted octanol–water partition coefficient (Wildman–Crippen LogP) is 1.11. The van der Waals surface area contributed by atoms with Crippen LogP contribution in [0.1, 0.15) is 13.8 Å². The lowest BCUT2D eigenvalue weighted by molar-refractivity contribution is 0.171. The van der Waals surface area contributed by atoms with Crippen LogP contribution in [0.5, 0.6) is 0 Å². The second-order valence-electron chi connectivity index (χ2n) is 3.17. The van der Waals surface area contributed by atoms with Crippen LogP contribution in [-0.4, -0.2) is 36.1 Å². The van der Waals surface area contributed by atoms with Crippen molar-refractivity contribution in [2.24, 2.45) is 0 Å². The van der Waals surface area contributed by atoms with Gasteiger partial charge in [0, 0.05) is 12.6 Å². The molecule has 0 atom stereocenters. The van der Waals surface area contributed by atoms with Gasteiger partial charge < -0.3 is 4.90 Å². The molecule has 0 spiro atoms. The van der Waals surface area contributed by atoms with Crippen molar-refractivity contribution < 1.29 is 0 Å². The maximum absolute atomic E-state index is 2.32. The van der Waals surface area contributed by atoms with Crippen LogP contribution < -0.4 is 0 Å². The first-order chi connectivity index (χ1) is 4.70. The van der Waals surface area contributed by atoms with Gasteiger partial charge in [0.15, 0.2) is 0 Å². The van der Waals surface area contributed by atoms with Gasteiger partial charge in [0.2, 0.25) is 0 Å². The van der Waals surface area contributed by atoms with E-state index in [-0.39, 0.29) is 0 Å². The van der Waals surface area contributed by atoms with Crippen molar-refractivity contribution in [3.8, 4) is 0 Å². The van der Waals surface area contributed by atoms with E-state index in [1.807, 2.05) is 0 Å². The summed E-state index contributed by atoms with van der Waals surface area (Å²) in [5.74, 6) is 0. The van der Waals surface area contributed by atoms with Crippen LogP contribution in [0.25, 0.3) is 0 Å². The van der Waals surface area contributed by atoms with Crippen molar-refractivity contribution in [3.63, 3.8) is 0 Å². The molecule has 0 aliphatic carbocycles. The Balaban J connectivity index is 2.47. The molecule has 2 nitrogen and oxygen atoms in total. The summed E-state index contributed by atoms with van der Waals surface area (Å²) >= 11 is 0. The van der Waals surface area contributed by atoms with E-state index in [4.69, 9.17) is 0 Å². The second kappa shape index (κ2) is 3.06. The molecule has 0 saturated carbocycles. The number of likely N-dealkylation sites (N-methyl/N-ethyl adjacent to an activating group) is 1. The van der Waals surface area contributed by atoms with Gasteiger partial charge in [0.1, 0.15) is 0 Å². The summed E-state index contributed by atoms with van der Waals surface area (Å²) in [6, 6.07) is 0.624. The molecule has 1 rings (SSSR count). The maximum Gasteiger partial charge on any atom is 0.0704 e. The predicted molar refractivity (Wildman–Crippen MR) is 43.6 cm³/mol. The van der Waals surface area contributed by atoms with Gasteiger partial charge in [-0.3, -0.25) is 4.90 Å². The topological polar surface area (TPSA) is 6.48 Å². The Morgan fingerprint density at radius 1 is 1.40 bits per heavy atom. The van der Waals surface area contributed by atoms with Crippen LogP contribution in [0.3, 0.4) is 0 Å². The molecule has 10 heavy (non-hydrogen) atoms. The smallest absolute Gasteiger partial charge is 0.0704 e. The molecule has 0 fully saturated rings. The summed E-state index contributed by atoms with van der Waals surface area (Å²) in [7, 11) is 2.14. The molecule has 1 aliphatic heterocycles. The first-order valence-electron chi connectivity index (χ1n) is 3.81. The van der Waals surface area contributed by atoms with E-state index in [2.05, 4.69) is 43.0 Å². The quantitative estimate of drug-likeness (QED) is 0.538. The van der Waals surface area contributed by atoms with Crippen molar-refractivity contribution >= 4 is 0 Å². The van der Waals surface area contributed by atoms with Gasteiger partial charge in [-0.25, -0.2) is 0 Å². The second-order valence-corrected chi connectivity index (χ2v) is 3.17. The zero-order chi connectivity index (χ0) is 7.56. The number of hydrogen-bond acceptors (Lipinski definition) is 2. The molecule has 0 aromatic heterocycles. The minimum Gasteiger partial charge on any atom is -0.362 e. The molecule has 0 radical (unpaired) electrons. The van der Waals surface area contributed by atoms with E-state index >= 15 is 0 Å². The van der Waals surface area contributed by atoms with Gasteiger partial charge in [-0.2, -0.15) is 0 Å². The highest BCUT2D eigenvalue weighted by Gasteiger charge is 2.09. The largest absolute Gasteiger partial charge is 0.362 e. The van der Waals surface area contributed by atoms with Crippen LogP contribution in [0, 0.1) is 0 Å². The van der Waals surface area contributed by atoms with E-state index in [0.717, 1.165) is 13.2 Å². The fourth-order valence-corrected chi connectivity index (χ4v) is 1.08. The lowest BCUT2D eigenvalue weighted by atomic mass is 10.3. The molecule has 0 N–H and O–H groups in total. The molecule has 2 heteroatoms. The van der Waals surface area contributed by atoms with E-state index in [1.54, 1.807) is 0 Å². The third-order valence-corrected chi connectivity index (χ3v) is 1.78. The third-order valence-electron chi connectivity index (χ3n) is 1.78. The standard InChI is InChI=1S/C8H16N2/c1-8(2)10-6-4-5-9(3)7-10/h4,6,8H,5,7H2,1-3H3. The highest BCUT2D eigenvalue weighted by Crippen LogP contribution is 2.04. The summed E-state index contributed by atoms with van der Waals surface area (Å²) in [5.41, 5.74) is 0. The number of rotatable bonds is 1. The summed E-state index contributed by atoms with van der Waals surface area (Å²) in [6.07, 6.45) is 4.38. The van der Waals surface area contributed by atoms with Crippen molar-refractivity contribution in [3.05, 3.63) is 12.3 Å². The van der Waals surface area contributed by atoms with E-state index in [0.29, 0.717) is 6.04 Å². The lowest BCUT2D eigenvalue weighted by Crippen LogP contribution is -2.39. The fraction of sp³-hybridized carbons (Fsp3) is 0.750. The summed E-state index contributed by atoms with van der Waals surface area (Å²) in [6.45, 7) is 6.57. The van der Waals surface area contributed by atoms with Crippen LogP contribution >= 0.6 is 0 Å². The van der Waals surface area contributed by atoms with Crippen molar-refractivity contribution in [2.75, 3.05) is 20.3 Å². The van der Waals surface area contributed by atoms with E-state index < -0.39 is 0 Å². The normalized spacial score (nSPS) is 20.6. The Morgan fingerprint density at radius 3 is 2.50 bits per heavy atom. The van der Waals surface area contributed by atoms with Crippen LogP contribution in [-0.2, 0) is 0 Å². The van der Waals surface area contributed by atoms with Crippen LogP contribution in [0.15, 0.2) is 12.3 Å². The van der Waals surface area contributed by atoms with Gasteiger partial charge in [-0.1, -0.05) is 6.08 Å². The van der Waals surface area contributed by atoms with Gasteiger partial charge in [0.05, 0.1) is 6.67 Å². The monoisotopic (exact) mass is 140 g/mol. The van der Waals surface area contributed by atoms with Crippen molar-refractivity contribution in [1.82, 2.24) is 9.80 Å². The molecule has 0 saturated heterocycles. The summed E-state index contributed by atoms with van der Waals surface area (Å²) < 4.78 is 0. The molecule has 1 aliphatic rings. The van der Waals surface area contributed by atoms with Gasteiger partial charge in [-0.05, 0) is 27.1 Å². The first kappa shape index (κ1) is 7.61. The number of nitrogens with zero attached hydrogens (tertiary/aromatic N) is 2. The molecule has 0 aromatic rings. The highest BCUT2D eigenvalue weighted by atomic mass is 15.3. The molecular formula is C8H16N2. The van der Waals surface area contributed by atoms with Crippen LogP contribution in [0.2, 0.25) is 0 Å². The van der Waals surface area contributed by atoms with Gasteiger partial charge in [0.25, 0.3) is 0 Å². The van der Waals surface area contributed by atoms with Crippen molar-refractivity contribution in [2.45, 2.75) is 19.9 Å². The van der Waals surface area contributed by atoms with Crippen molar-refractivity contribution in [1.29, 1.82) is 0 Å². The molecular weight excluding hydrogens is 124 g/mol. The average molecular weight is 140 g/mol. The summed E-state index contributed by atoms with van der Waals surface area (Å²) in [4.78, 5) is 4.61. The Kier molecular flexibility index (Phi) is 2.33. The third kappa shape index (κ3) is 1.74. The van der Waals surface area contributed by atoms with E-state index in [9.17, 15) is 0 Å². The first-order valence-corrected chi connectivity index (χ1v) is 3.81. The molecule has 0 bridgehead atoms. The Hall–Kier alpha value is -0.500. The molecule has 58 valence electrons. The fourth-order valence-electron chi connectivity index (χ4n) is 1.08. The molecule has 0 aromatic carbocycles. The average Bonchev–Trinajstić information content (AvgIpc) is 1.88. The zero-order valence-electron chi connectivity index (χ0n) is 7.04. The van der Waals surface area contributed by atoms with E-state index in [1.165, 1.54) is 0 Å². The number of hydrogen-bond donors (Lipinski definition) is 0. The highest BCUT2D eigenvalue weighted by molar-refractivity contribution is 4.90. The Labute approximate surface area is 63.1 Å². The maximum atomic E-state index is 2.32. The minimum absolute atomic E-state index is 0.624. The SMILES string of the molecule is CC(C)N1C=CCN(C)C1. The summed E-state index contributed by atoms with van der Waals surface area (Å²) in [5, 5.41) is 0.